The predicted molar refractivity (Wildman–Crippen MR) is 85.2 cm³/mol. The molecule has 1 heterocycles. The van der Waals surface area contributed by atoms with Crippen molar-refractivity contribution < 1.29 is 4.79 Å². The first-order valence-corrected chi connectivity index (χ1v) is 7.55. The van der Waals surface area contributed by atoms with Crippen LogP contribution in [0.3, 0.4) is 0 Å². The van der Waals surface area contributed by atoms with E-state index in [4.69, 9.17) is 0 Å². The van der Waals surface area contributed by atoms with Gasteiger partial charge in [-0.05, 0) is 54.9 Å². The first-order valence-electron chi connectivity index (χ1n) is 7.55. The van der Waals surface area contributed by atoms with Crippen LogP contribution < -0.4 is 4.90 Å². The zero-order chi connectivity index (χ0) is 15.2. The maximum Gasteiger partial charge on any atom is 0.227 e. The standard InChI is InChI=1S/C18H27NO/c1-11(2)17-18(6,7)10-16(20)19(17)15-9-8-12(3)13(4)14(15)5/h8-9,11,17H,10H2,1-7H3/t17-/m0/s1. The van der Waals surface area contributed by atoms with Crippen LogP contribution >= 0.6 is 0 Å². The molecular weight excluding hydrogens is 246 g/mol. The van der Waals surface area contributed by atoms with Crippen molar-refractivity contribution in [3.63, 3.8) is 0 Å². The summed E-state index contributed by atoms with van der Waals surface area (Å²) in [5, 5.41) is 0. The van der Waals surface area contributed by atoms with Crippen molar-refractivity contribution in [1.29, 1.82) is 0 Å². The molecule has 0 radical (unpaired) electrons. The fourth-order valence-electron chi connectivity index (χ4n) is 3.77. The van der Waals surface area contributed by atoms with E-state index in [1.807, 2.05) is 0 Å². The monoisotopic (exact) mass is 273 g/mol. The Hall–Kier alpha value is -1.31. The van der Waals surface area contributed by atoms with Crippen molar-refractivity contribution in [3.8, 4) is 0 Å². The second-order valence-electron chi connectivity index (χ2n) is 7.27. The summed E-state index contributed by atoms with van der Waals surface area (Å²) in [6.45, 7) is 15.3. The molecular formula is C18H27NO. The highest BCUT2D eigenvalue weighted by Gasteiger charge is 2.47. The molecule has 0 spiro atoms. The van der Waals surface area contributed by atoms with Crippen molar-refractivity contribution >= 4 is 11.6 Å². The van der Waals surface area contributed by atoms with E-state index in [9.17, 15) is 4.79 Å². The highest BCUT2D eigenvalue weighted by molar-refractivity contribution is 5.98. The maximum atomic E-state index is 12.6. The molecule has 1 amide bonds. The zero-order valence-corrected chi connectivity index (χ0v) is 13.9. The first-order chi connectivity index (χ1) is 9.16. The molecule has 0 unspecified atom stereocenters. The molecule has 110 valence electrons. The summed E-state index contributed by atoms with van der Waals surface area (Å²) in [5.41, 5.74) is 4.96. The van der Waals surface area contributed by atoms with Crippen molar-refractivity contribution in [2.45, 2.75) is 60.9 Å². The van der Waals surface area contributed by atoms with Gasteiger partial charge in [-0.25, -0.2) is 0 Å². The number of carbonyl (C=O) groups is 1. The SMILES string of the molecule is Cc1ccc(N2C(=O)CC(C)(C)[C@@H]2C(C)C)c(C)c1C. The summed E-state index contributed by atoms with van der Waals surface area (Å²) in [5.74, 6) is 0.720. The van der Waals surface area contributed by atoms with E-state index in [0.717, 1.165) is 5.69 Å². The van der Waals surface area contributed by atoms with Crippen molar-refractivity contribution in [1.82, 2.24) is 0 Å². The smallest absolute Gasteiger partial charge is 0.227 e. The summed E-state index contributed by atoms with van der Waals surface area (Å²) in [7, 11) is 0. The van der Waals surface area contributed by atoms with Crippen LogP contribution in [0.4, 0.5) is 5.69 Å². The number of aryl methyl sites for hydroxylation is 1. The molecule has 20 heavy (non-hydrogen) atoms. The van der Waals surface area contributed by atoms with Gasteiger partial charge < -0.3 is 4.90 Å². The van der Waals surface area contributed by atoms with Gasteiger partial charge in [0.2, 0.25) is 5.91 Å². The first kappa shape index (κ1) is 15.1. The minimum Gasteiger partial charge on any atom is -0.308 e. The lowest BCUT2D eigenvalue weighted by atomic mass is 9.79. The minimum atomic E-state index is 0.0382. The van der Waals surface area contributed by atoms with Crippen LogP contribution in [0.5, 0.6) is 0 Å². The van der Waals surface area contributed by atoms with E-state index >= 15 is 0 Å². The van der Waals surface area contributed by atoms with Gasteiger partial charge in [0, 0.05) is 18.2 Å². The van der Waals surface area contributed by atoms with Gasteiger partial charge in [-0.3, -0.25) is 4.79 Å². The molecule has 0 N–H and O–H groups in total. The Labute approximate surface area is 123 Å². The predicted octanol–water partition coefficient (Wildman–Crippen LogP) is 4.40. The number of benzene rings is 1. The highest BCUT2D eigenvalue weighted by atomic mass is 16.2. The van der Waals surface area contributed by atoms with Gasteiger partial charge in [-0.15, -0.1) is 0 Å². The van der Waals surface area contributed by atoms with Gasteiger partial charge in [0.1, 0.15) is 0 Å². The highest BCUT2D eigenvalue weighted by Crippen LogP contribution is 2.44. The molecule has 1 saturated heterocycles. The van der Waals surface area contributed by atoms with Crippen LogP contribution in [-0.2, 0) is 4.79 Å². The molecule has 0 aromatic heterocycles. The average Bonchev–Trinajstić information content (AvgIpc) is 2.56. The van der Waals surface area contributed by atoms with Crippen molar-refractivity contribution in [3.05, 3.63) is 28.8 Å². The van der Waals surface area contributed by atoms with Crippen LogP contribution in [-0.4, -0.2) is 11.9 Å². The Morgan fingerprint density at radius 3 is 2.30 bits per heavy atom. The Morgan fingerprint density at radius 2 is 1.75 bits per heavy atom. The summed E-state index contributed by atoms with van der Waals surface area (Å²) in [6.07, 6.45) is 0.641. The molecule has 2 heteroatoms. The average molecular weight is 273 g/mol. The molecule has 1 aromatic rings. The van der Waals surface area contributed by atoms with E-state index in [0.29, 0.717) is 12.3 Å². The van der Waals surface area contributed by atoms with Crippen LogP contribution in [0.15, 0.2) is 12.1 Å². The number of rotatable bonds is 2. The van der Waals surface area contributed by atoms with Crippen LogP contribution in [0.25, 0.3) is 0 Å². The maximum absolute atomic E-state index is 12.6. The Kier molecular flexibility index (Phi) is 3.70. The van der Waals surface area contributed by atoms with Gasteiger partial charge in [0.25, 0.3) is 0 Å². The van der Waals surface area contributed by atoms with Gasteiger partial charge in [0.15, 0.2) is 0 Å². The number of carbonyl (C=O) groups excluding carboxylic acids is 1. The number of anilines is 1. The molecule has 1 fully saturated rings. The lowest BCUT2D eigenvalue weighted by Gasteiger charge is -2.36. The number of hydrogen-bond donors (Lipinski definition) is 0. The van der Waals surface area contributed by atoms with Crippen molar-refractivity contribution in [2.24, 2.45) is 11.3 Å². The number of nitrogens with zero attached hydrogens (tertiary/aromatic N) is 1. The Bertz CT molecular complexity index is 543. The van der Waals surface area contributed by atoms with Crippen LogP contribution in [0.1, 0.15) is 50.8 Å². The summed E-state index contributed by atoms with van der Waals surface area (Å²) >= 11 is 0. The number of hydrogen-bond acceptors (Lipinski definition) is 1. The van der Waals surface area contributed by atoms with Gasteiger partial charge in [0.05, 0.1) is 0 Å². The quantitative estimate of drug-likeness (QED) is 0.782. The molecule has 1 atom stereocenters. The lowest BCUT2D eigenvalue weighted by Crippen LogP contribution is -2.42. The molecule has 1 aromatic carbocycles. The molecule has 2 nitrogen and oxygen atoms in total. The van der Waals surface area contributed by atoms with E-state index in [2.05, 4.69) is 65.5 Å². The second-order valence-corrected chi connectivity index (χ2v) is 7.27. The minimum absolute atomic E-state index is 0.0382. The Morgan fingerprint density at radius 1 is 1.15 bits per heavy atom. The molecule has 1 aliphatic heterocycles. The van der Waals surface area contributed by atoms with Gasteiger partial charge >= 0.3 is 0 Å². The van der Waals surface area contributed by atoms with Crippen molar-refractivity contribution in [2.75, 3.05) is 4.90 Å². The van der Waals surface area contributed by atoms with E-state index in [1.54, 1.807) is 0 Å². The molecule has 1 aliphatic rings. The molecule has 0 aliphatic carbocycles. The van der Waals surface area contributed by atoms with Crippen LogP contribution in [0, 0.1) is 32.1 Å². The lowest BCUT2D eigenvalue weighted by molar-refractivity contribution is -0.117. The van der Waals surface area contributed by atoms with E-state index < -0.39 is 0 Å². The fraction of sp³-hybridized carbons (Fsp3) is 0.611. The molecule has 2 rings (SSSR count). The Balaban J connectivity index is 2.56. The fourth-order valence-corrected chi connectivity index (χ4v) is 3.77. The topological polar surface area (TPSA) is 20.3 Å². The number of amides is 1. The summed E-state index contributed by atoms with van der Waals surface area (Å²) < 4.78 is 0. The normalized spacial score (nSPS) is 21.9. The third-order valence-electron chi connectivity index (χ3n) is 4.87. The largest absolute Gasteiger partial charge is 0.308 e. The summed E-state index contributed by atoms with van der Waals surface area (Å²) in [6, 6.07) is 4.52. The third-order valence-corrected chi connectivity index (χ3v) is 4.87. The van der Waals surface area contributed by atoms with Crippen LogP contribution in [0.2, 0.25) is 0 Å². The van der Waals surface area contributed by atoms with E-state index in [-0.39, 0.29) is 17.4 Å². The van der Waals surface area contributed by atoms with Gasteiger partial charge in [-0.1, -0.05) is 33.8 Å². The third kappa shape index (κ3) is 2.25. The van der Waals surface area contributed by atoms with E-state index in [1.165, 1.54) is 16.7 Å². The van der Waals surface area contributed by atoms with Gasteiger partial charge in [-0.2, -0.15) is 0 Å². The zero-order valence-electron chi connectivity index (χ0n) is 13.9. The summed E-state index contributed by atoms with van der Waals surface area (Å²) in [4.78, 5) is 14.6. The molecule has 0 saturated carbocycles. The second kappa shape index (κ2) is 4.91. The molecule has 0 bridgehead atoms.